The molecule has 0 unspecified atom stereocenters. The maximum Gasteiger partial charge on any atom is 0.282 e. The van der Waals surface area contributed by atoms with E-state index in [0.717, 1.165) is 27.3 Å². The van der Waals surface area contributed by atoms with Gasteiger partial charge in [-0.2, -0.15) is 12.8 Å². The molecular weight excluding hydrogens is 354 g/mol. The Hall–Kier alpha value is -2.44. The molecular formula is C19H17NO3S2. The van der Waals surface area contributed by atoms with Crippen LogP contribution in [0.25, 0.3) is 11.1 Å². The second kappa shape index (κ2) is 7.21. The van der Waals surface area contributed by atoms with Crippen molar-refractivity contribution in [2.45, 2.75) is 11.8 Å². The highest BCUT2D eigenvalue weighted by atomic mass is 32.2. The van der Waals surface area contributed by atoms with E-state index >= 15 is 0 Å². The summed E-state index contributed by atoms with van der Waals surface area (Å²) in [5.41, 5.74) is 3.01. The number of hydrogen-bond donors (Lipinski definition) is 0. The third kappa shape index (κ3) is 4.15. The van der Waals surface area contributed by atoms with Crippen molar-refractivity contribution in [2.24, 2.45) is 4.40 Å². The Morgan fingerprint density at radius 2 is 1.80 bits per heavy atom. The van der Waals surface area contributed by atoms with Gasteiger partial charge in [-0.05, 0) is 53.8 Å². The molecule has 3 aromatic rings. The molecule has 6 heteroatoms. The molecule has 0 radical (unpaired) electrons. The summed E-state index contributed by atoms with van der Waals surface area (Å²) in [6.45, 7) is 1.91. The van der Waals surface area contributed by atoms with Gasteiger partial charge in [0.1, 0.15) is 5.75 Å². The molecule has 0 saturated heterocycles. The van der Waals surface area contributed by atoms with Crippen LogP contribution in [0.3, 0.4) is 0 Å². The van der Waals surface area contributed by atoms with Crippen molar-refractivity contribution >= 4 is 27.6 Å². The van der Waals surface area contributed by atoms with Gasteiger partial charge in [0, 0.05) is 4.88 Å². The molecule has 0 spiro atoms. The van der Waals surface area contributed by atoms with Gasteiger partial charge in [-0.3, -0.25) is 0 Å². The molecule has 0 aliphatic carbocycles. The zero-order chi connectivity index (χ0) is 17.9. The normalized spacial score (nSPS) is 11.8. The molecule has 0 aliphatic rings. The van der Waals surface area contributed by atoms with Crippen molar-refractivity contribution in [1.29, 1.82) is 0 Å². The van der Waals surface area contributed by atoms with Crippen molar-refractivity contribution in [3.63, 3.8) is 0 Å². The van der Waals surface area contributed by atoms with Gasteiger partial charge < -0.3 is 4.74 Å². The van der Waals surface area contributed by atoms with Gasteiger partial charge in [0.2, 0.25) is 0 Å². The van der Waals surface area contributed by atoms with E-state index in [1.165, 1.54) is 17.6 Å². The highest BCUT2D eigenvalue weighted by molar-refractivity contribution is 7.90. The molecule has 4 nitrogen and oxygen atoms in total. The van der Waals surface area contributed by atoms with Crippen molar-refractivity contribution in [1.82, 2.24) is 0 Å². The monoisotopic (exact) mass is 371 g/mol. The summed E-state index contributed by atoms with van der Waals surface area (Å²) in [4.78, 5) is 0.965. The van der Waals surface area contributed by atoms with Gasteiger partial charge in [0.05, 0.1) is 18.2 Å². The molecule has 3 rings (SSSR count). The largest absolute Gasteiger partial charge is 0.497 e. The van der Waals surface area contributed by atoms with E-state index in [0.29, 0.717) is 0 Å². The summed E-state index contributed by atoms with van der Waals surface area (Å²) in [7, 11) is -2.06. The van der Waals surface area contributed by atoms with Gasteiger partial charge in [0.15, 0.2) is 0 Å². The molecule has 0 fully saturated rings. The molecule has 128 valence electrons. The average molecular weight is 371 g/mol. The average Bonchev–Trinajstić information content (AvgIpc) is 3.10. The predicted molar refractivity (Wildman–Crippen MR) is 102 cm³/mol. The van der Waals surface area contributed by atoms with Crippen molar-refractivity contribution in [3.05, 3.63) is 70.4 Å². The van der Waals surface area contributed by atoms with Gasteiger partial charge in [0.25, 0.3) is 10.0 Å². The maximum atomic E-state index is 12.3. The Morgan fingerprint density at radius 3 is 2.52 bits per heavy atom. The van der Waals surface area contributed by atoms with Crippen molar-refractivity contribution < 1.29 is 13.2 Å². The van der Waals surface area contributed by atoms with Crippen molar-refractivity contribution in [2.75, 3.05) is 7.11 Å². The van der Waals surface area contributed by atoms with Crippen LogP contribution < -0.4 is 4.74 Å². The number of rotatable bonds is 5. The fourth-order valence-corrected chi connectivity index (χ4v) is 3.96. The summed E-state index contributed by atoms with van der Waals surface area (Å²) < 4.78 is 33.6. The summed E-state index contributed by atoms with van der Waals surface area (Å²) in [6, 6.07) is 16.3. The topological polar surface area (TPSA) is 55.7 Å². The standard InChI is InChI=1S/C19H17NO3S2/c1-14-6-8-19(9-7-14)25(21,22)20-12-18-11-16(13-24-18)15-4-3-5-17(10-15)23-2/h3-13H,1-2H3/b20-12+. The molecule has 0 atom stereocenters. The van der Waals surface area contributed by atoms with Crippen LogP contribution in [0.4, 0.5) is 0 Å². The SMILES string of the molecule is COc1cccc(-c2csc(/C=N/S(=O)(=O)c3ccc(C)cc3)c2)c1. The lowest BCUT2D eigenvalue weighted by Crippen LogP contribution is -1.97. The Labute approximate surface area is 151 Å². The number of benzene rings is 2. The number of methoxy groups -OCH3 is 1. The second-order valence-electron chi connectivity index (χ2n) is 5.49. The quantitative estimate of drug-likeness (QED) is 0.619. The summed E-state index contributed by atoms with van der Waals surface area (Å²) in [5.74, 6) is 0.779. The van der Waals surface area contributed by atoms with Crippen LogP contribution in [-0.4, -0.2) is 21.7 Å². The number of ether oxygens (including phenoxy) is 1. The summed E-state index contributed by atoms with van der Waals surface area (Å²) in [5, 5.41) is 1.97. The molecule has 0 amide bonds. The lowest BCUT2D eigenvalue weighted by atomic mass is 10.1. The van der Waals surface area contributed by atoms with E-state index < -0.39 is 10.0 Å². The fourth-order valence-electron chi connectivity index (χ4n) is 2.27. The van der Waals surface area contributed by atoms with Crippen LogP contribution >= 0.6 is 11.3 Å². The third-order valence-electron chi connectivity index (χ3n) is 3.66. The Balaban J connectivity index is 1.83. The minimum absolute atomic E-state index is 0.193. The zero-order valence-corrected chi connectivity index (χ0v) is 15.5. The van der Waals surface area contributed by atoms with Gasteiger partial charge >= 0.3 is 0 Å². The summed E-state index contributed by atoms with van der Waals surface area (Å²) >= 11 is 1.44. The van der Waals surface area contributed by atoms with Crippen LogP contribution in [0.1, 0.15) is 10.4 Å². The molecule has 0 saturated carbocycles. The van der Waals surface area contributed by atoms with Crippen molar-refractivity contribution in [3.8, 4) is 16.9 Å². The number of hydrogen-bond acceptors (Lipinski definition) is 4. The Kier molecular flexibility index (Phi) is 5.01. The number of aryl methyl sites for hydroxylation is 1. The highest BCUT2D eigenvalue weighted by Gasteiger charge is 2.11. The lowest BCUT2D eigenvalue weighted by Gasteiger charge is -2.01. The first-order chi connectivity index (χ1) is 12.0. The van der Waals surface area contributed by atoms with Crippen LogP contribution in [0, 0.1) is 6.92 Å². The molecule has 1 heterocycles. The molecule has 1 aromatic heterocycles. The van der Waals surface area contributed by atoms with E-state index in [4.69, 9.17) is 4.74 Å². The highest BCUT2D eigenvalue weighted by Crippen LogP contribution is 2.27. The van der Waals surface area contributed by atoms with E-state index in [1.54, 1.807) is 31.4 Å². The zero-order valence-electron chi connectivity index (χ0n) is 13.8. The number of sulfonamides is 1. The maximum absolute atomic E-state index is 12.3. The van der Waals surface area contributed by atoms with Gasteiger partial charge in [-0.1, -0.05) is 29.8 Å². The molecule has 2 aromatic carbocycles. The lowest BCUT2D eigenvalue weighted by molar-refractivity contribution is 0.415. The Bertz CT molecular complexity index is 1000. The first-order valence-corrected chi connectivity index (χ1v) is 9.90. The van der Waals surface area contributed by atoms with E-state index in [1.807, 2.05) is 42.6 Å². The van der Waals surface area contributed by atoms with Crippen LogP contribution in [0.2, 0.25) is 0 Å². The van der Waals surface area contributed by atoms with Crippen LogP contribution in [0.5, 0.6) is 5.75 Å². The molecule has 0 bridgehead atoms. The van der Waals surface area contributed by atoms with E-state index in [-0.39, 0.29) is 4.90 Å². The molecule has 25 heavy (non-hydrogen) atoms. The second-order valence-corrected chi connectivity index (χ2v) is 8.07. The Morgan fingerprint density at radius 1 is 1.04 bits per heavy atom. The smallest absolute Gasteiger partial charge is 0.282 e. The third-order valence-corrected chi connectivity index (χ3v) is 5.78. The number of thiophene rings is 1. The van der Waals surface area contributed by atoms with Gasteiger partial charge in [-0.15, -0.1) is 11.3 Å². The van der Waals surface area contributed by atoms with Crippen LogP contribution in [-0.2, 0) is 10.0 Å². The molecule has 0 N–H and O–H groups in total. The minimum atomic E-state index is -3.69. The first-order valence-electron chi connectivity index (χ1n) is 7.58. The number of nitrogens with zero attached hydrogens (tertiary/aromatic N) is 1. The van der Waals surface area contributed by atoms with E-state index in [2.05, 4.69) is 4.40 Å². The molecule has 0 aliphatic heterocycles. The van der Waals surface area contributed by atoms with Gasteiger partial charge in [-0.25, -0.2) is 0 Å². The minimum Gasteiger partial charge on any atom is -0.497 e. The fraction of sp³-hybridized carbons (Fsp3) is 0.105. The predicted octanol–water partition coefficient (Wildman–Crippen LogP) is 4.54. The van der Waals surface area contributed by atoms with Crippen LogP contribution in [0.15, 0.2) is 69.3 Å². The van der Waals surface area contributed by atoms with E-state index in [9.17, 15) is 8.42 Å². The first kappa shape index (κ1) is 17.4. The summed E-state index contributed by atoms with van der Waals surface area (Å²) in [6.07, 6.45) is 1.39.